The van der Waals surface area contributed by atoms with Gasteiger partial charge in [-0.25, -0.2) is 0 Å². The quantitative estimate of drug-likeness (QED) is 0.405. The fourth-order valence-corrected chi connectivity index (χ4v) is 9.16. The van der Waals surface area contributed by atoms with Crippen LogP contribution in [0.4, 0.5) is 0 Å². The molecule has 7 nitrogen and oxygen atoms in total. The van der Waals surface area contributed by atoms with Crippen LogP contribution in [0.15, 0.2) is 0 Å². The molecule has 9 unspecified atom stereocenters. The zero-order valence-electron chi connectivity index (χ0n) is 22.0. The van der Waals surface area contributed by atoms with Gasteiger partial charge in [0.2, 0.25) is 5.91 Å². The first-order valence-electron chi connectivity index (χ1n) is 14.0. The number of ether oxygens (including phenoxy) is 1. The molecule has 0 aliphatic heterocycles. The van der Waals surface area contributed by atoms with Crippen molar-refractivity contribution in [3.05, 3.63) is 0 Å². The summed E-state index contributed by atoms with van der Waals surface area (Å²) in [4.78, 5) is 23.8. The third-order valence-electron chi connectivity index (χ3n) is 11.1. The van der Waals surface area contributed by atoms with Crippen LogP contribution < -0.4 is 5.32 Å². The second-order valence-corrected chi connectivity index (χ2v) is 12.6. The van der Waals surface area contributed by atoms with Gasteiger partial charge in [0.05, 0.1) is 24.9 Å². The molecule has 35 heavy (non-hydrogen) atoms. The van der Waals surface area contributed by atoms with E-state index in [1.165, 1.54) is 0 Å². The standard InChI is InChI=1S/C28H47NO6/c1-5-35-25(34)15-29-24(33)9-6-16(2)19-7-8-20-26-21(14-23(32)28(19,20)4)27(3)11-10-18(30)12-17(27)13-22(26)31/h16-23,26,30-32H,5-15H2,1-4H3,(H,29,33)/t16?,17?,18?,19?,20?,21?,22?,23?,26?,27-,28+/m0/s1. The fraction of sp³-hybridized carbons (Fsp3) is 0.929. The molecule has 4 aliphatic carbocycles. The predicted molar refractivity (Wildman–Crippen MR) is 132 cm³/mol. The highest BCUT2D eigenvalue weighted by Crippen LogP contribution is 2.68. The monoisotopic (exact) mass is 493 g/mol. The minimum absolute atomic E-state index is 0.0755. The Balaban J connectivity index is 1.43. The number of amides is 1. The molecule has 0 aromatic carbocycles. The Morgan fingerprint density at radius 2 is 1.80 bits per heavy atom. The minimum Gasteiger partial charge on any atom is -0.465 e. The van der Waals surface area contributed by atoms with Gasteiger partial charge in [-0.1, -0.05) is 20.8 Å². The highest BCUT2D eigenvalue weighted by Gasteiger charge is 2.65. The molecule has 0 spiro atoms. The van der Waals surface area contributed by atoms with Crippen molar-refractivity contribution in [3.8, 4) is 0 Å². The summed E-state index contributed by atoms with van der Waals surface area (Å²) in [6.07, 6.45) is 6.09. The molecule has 200 valence electrons. The lowest BCUT2D eigenvalue weighted by Gasteiger charge is -2.63. The van der Waals surface area contributed by atoms with Crippen LogP contribution in [-0.2, 0) is 14.3 Å². The number of hydrogen-bond donors (Lipinski definition) is 4. The lowest BCUT2D eigenvalue weighted by Crippen LogP contribution is -2.62. The van der Waals surface area contributed by atoms with Crippen LogP contribution in [0.2, 0.25) is 0 Å². The van der Waals surface area contributed by atoms with Gasteiger partial charge in [0.15, 0.2) is 0 Å². The van der Waals surface area contributed by atoms with E-state index in [0.29, 0.717) is 37.2 Å². The van der Waals surface area contributed by atoms with E-state index in [4.69, 9.17) is 4.74 Å². The highest BCUT2D eigenvalue weighted by atomic mass is 16.5. The number of esters is 1. The van der Waals surface area contributed by atoms with Gasteiger partial charge in [-0.15, -0.1) is 0 Å². The number of rotatable bonds is 7. The van der Waals surface area contributed by atoms with Crippen molar-refractivity contribution in [2.24, 2.45) is 46.3 Å². The number of aliphatic hydroxyl groups is 3. The van der Waals surface area contributed by atoms with Crippen LogP contribution in [0, 0.1) is 46.3 Å². The largest absolute Gasteiger partial charge is 0.465 e. The van der Waals surface area contributed by atoms with Gasteiger partial charge >= 0.3 is 5.97 Å². The first kappa shape index (κ1) is 26.9. The molecule has 4 saturated carbocycles. The summed E-state index contributed by atoms with van der Waals surface area (Å²) in [5.41, 5.74) is -0.188. The van der Waals surface area contributed by atoms with E-state index in [9.17, 15) is 24.9 Å². The molecular formula is C28H47NO6. The van der Waals surface area contributed by atoms with E-state index in [-0.39, 0.29) is 53.2 Å². The van der Waals surface area contributed by atoms with Crippen molar-refractivity contribution in [3.63, 3.8) is 0 Å². The summed E-state index contributed by atoms with van der Waals surface area (Å²) in [5.74, 6) is 1.09. The van der Waals surface area contributed by atoms with Crippen molar-refractivity contribution in [1.82, 2.24) is 5.32 Å². The maximum Gasteiger partial charge on any atom is 0.325 e. The smallest absolute Gasteiger partial charge is 0.325 e. The summed E-state index contributed by atoms with van der Waals surface area (Å²) in [6, 6.07) is 0. The van der Waals surface area contributed by atoms with Crippen LogP contribution in [-0.4, -0.2) is 58.7 Å². The van der Waals surface area contributed by atoms with Gasteiger partial charge in [-0.05, 0) is 105 Å². The number of aliphatic hydroxyl groups excluding tert-OH is 3. The maximum atomic E-state index is 12.3. The lowest BCUT2D eigenvalue weighted by molar-refractivity contribution is -0.207. The average molecular weight is 494 g/mol. The zero-order valence-corrected chi connectivity index (χ0v) is 22.0. The van der Waals surface area contributed by atoms with Gasteiger partial charge in [-0.2, -0.15) is 0 Å². The Morgan fingerprint density at radius 3 is 2.51 bits per heavy atom. The molecule has 11 atom stereocenters. The van der Waals surface area contributed by atoms with Crippen LogP contribution in [0.25, 0.3) is 0 Å². The van der Waals surface area contributed by atoms with Crippen molar-refractivity contribution in [2.75, 3.05) is 13.2 Å². The third kappa shape index (κ3) is 4.77. The van der Waals surface area contributed by atoms with Crippen molar-refractivity contribution < 1.29 is 29.6 Å². The first-order valence-corrected chi connectivity index (χ1v) is 14.0. The van der Waals surface area contributed by atoms with E-state index >= 15 is 0 Å². The molecule has 4 rings (SSSR count). The van der Waals surface area contributed by atoms with E-state index in [2.05, 4.69) is 26.1 Å². The molecule has 4 fully saturated rings. The highest BCUT2D eigenvalue weighted by molar-refractivity contribution is 5.81. The third-order valence-corrected chi connectivity index (χ3v) is 11.1. The SMILES string of the molecule is CCOC(=O)CNC(=O)CCC(C)C1CCC2C3C(O)CC4CC(O)CC[C@]4(C)C3CC(O)[C@]12C. The number of nitrogens with one attached hydrogen (secondary N) is 1. The first-order chi connectivity index (χ1) is 16.5. The van der Waals surface area contributed by atoms with Gasteiger partial charge < -0.3 is 25.4 Å². The second kappa shape index (κ2) is 10.3. The van der Waals surface area contributed by atoms with Crippen LogP contribution in [0.5, 0.6) is 0 Å². The Bertz CT molecular complexity index is 789. The lowest BCUT2D eigenvalue weighted by atomic mass is 9.43. The molecule has 0 heterocycles. The van der Waals surface area contributed by atoms with E-state index in [1.807, 2.05) is 0 Å². The van der Waals surface area contributed by atoms with Crippen LogP contribution in [0.1, 0.15) is 85.5 Å². The molecule has 1 amide bonds. The molecule has 0 radical (unpaired) electrons. The van der Waals surface area contributed by atoms with Gasteiger partial charge in [0.1, 0.15) is 6.54 Å². The Kier molecular flexibility index (Phi) is 7.90. The second-order valence-electron chi connectivity index (χ2n) is 12.6. The summed E-state index contributed by atoms with van der Waals surface area (Å²) >= 11 is 0. The summed E-state index contributed by atoms with van der Waals surface area (Å²) in [7, 11) is 0. The number of carbonyl (C=O) groups is 2. The van der Waals surface area contributed by atoms with Gasteiger partial charge in [0, 0.05) is 6.42 Å². The summed E-state index contributed by atoms with van der Waals surface area (Å²) in [6.45, 7) is 8.72. The zero-order chi connectivity index (χ0) is 25.5. The van der Waals surface area contributed by atoms with Crippen molar-refractivity contribution >= 4 is 11.9 Å². The van der Waals surface area contributed by atoms with E-state index in [1.54, 1.807) is 6.92 Å². The Morgan fingerprint density at radius 1 is 1.06 bits per heavy atom. The average Bonchev–Trinajstić information content (AvgIpc) is 3.16. The topological polar surface area (TPSA) is 116 Å². The number of carbonyl (C=O) groups excluding carboxylic acids is 2. The minimum atomic E-state index is -0.422. The van der Waals surface area contributed by atoms with Gasteiger partial charge in [-0.3, -0.25) is 9.59 Å². The summed E-state index contributed by atoms with van der Waals surface area (Å²) in [5, 5.41) is 36.0. The van der Waals surface area contributed by atoms with Crippen molar-refractivity contribution in [2.45, 2.75) is 104 Å². The molecule has 7 heteroatoms. The molecule has 0 aromatic heterocycles. The van der Waals surface area contributed by atoms with Crippen molar-refractivity contribution in [1.29, 1.82) is 0 Å². The molecule has 0 saturated heterocycles. The molecule has 0 aromatic rings. The predicted octanol–water partition coefficient (Wildman–Crippen LogP) is 3.04. The molecule has 4 N–H and O–H groups in total. The number of fused-ring (bicyclic) bond motifs is 5. The Labute approximate surface area is 210 Å². The van der Waals surface area contributed by atoms with E-state index < -0.39 is 12.1 Å². The van der Waals surface area contributed by atoms with Crippen LogP contribution >= 0.6 is 0 Å². The number of hydrogen-bond acceptors (Lipinski definition) is 6. The van der Waals surface area contributed by atoms with Crippen LogP contribution in [0.3, 0.4) is 0 Å². The fourth-order valence-electron chi connectivity index (χ4n) is 9.16. The molecule has 4 aliphatic rings. The molecule has 0 bridgehead atoms. The van der Waals surface area contributed by atoms with Gasteiger partial charge in [0.25, 0.3) is 0 Å². The normalized spacial score (nSPS) is 45.6. The molecular weight excluding hydrogens is 446 g/mol. The summed E-state index contributed by atoms with van der Waals surface area (Å²) < 4.78 is 4.87. The Hall–Kier alpha value is -1.18. The van der Waals surface area contributed by atoms with E-state index in [0.717, 1.165) is 44.9 Å². The maximum absolute atomic E-state index is 12.3.